The third-order valence-corrected chi connectivity index (χ3v) is 6.31. The highest BCUT2D eigenvalue weighted by Gasteiger charge is 2.19. The van der Waals surface area contributed by atoms with Crippen LogP contribution in [0.3, 0.4) is 0 Å². The molecule has 0 spiro atoms. The number of carbonyl (C=O) groups is 1. The highest BCUT2D eigenvalue weighted by atomic mass is 79.9. The molecule has 0 saturated heterocycles. The number of aromatic nitrogens is 3. The standard InChI is InChI=1S/C23H18BrClN4OS/c1-15-13-16(24)11-12-20(15)26-21(30)14-31-23-28-27-22(18-9-5-6-10-19(18)25)29(23)17-7-3-2-4-8-17/h2-13H,14H2,1H3,(H,26,30). The summed E-state index contributed by atoms with van der Waals surface area (Å²) in [6, 6.07) is 23.0. The van der Waals surface area contributed by atoms with E-state index in [0.29, 0.717) is 16.0 Å². The summed E-state index contributed by atoms with van der Waals surface area (Å²) < 4.78 is 2.89. The van der Waals surface area contributed by atoms with E-state index >= 15 is 0 Å². The van der Waals surface area contributed by atoms with Crippen molar-refractivity contribution >= 4 is 50.9 Å². The van der Waals surface area contributed by atoms with Gasteiger partial charge in [-0.05, 0) is 55.0 Å². The van der Waals surface area contributed by atoms with Gasteiger partial charge >= 0.3 is 0 Å². The number of nitrogens with zero attached hydrogens (tertiary/aromatic N) is 3. The highest BCUT2D eigenvalue weighted by molar-refractivity contribution is 9.10. The molecule has 8 heteroatoms. The van der Waals surface area contributed by atoms with Gasteiger partial charge in [0.05, 0.1) is 10.8 Å². The molecule has 0 saturated carbocycles. The molecule has 1 heterocycles. The third-order valence-electron chi connectivity index (χ3n) is 4.56. The molecule has 156 valence electrons. The zero-order valence-corrected chi connectivity index (χ0v) is 19.7. The van der Waals surface area contributed by atoms with E-state index in [1.807, 2.05) is 84.3 Å². The molecule has 0 aliphatic carbocycles. The molecule has 4 aromatic rings. The van der Waals surface area contributed by atoms with E-state index in [0.717, 1.165) is 27.0 Å². The quantitative estimate of drug-likeness (QED) is 0.304. The molecule has 1 aromatic heterocycles. The second-order valence-electron chi connectivity index (χ2n) is 6.75. The van der Waals surface area contributed by atoms with Crippen molar-refractivity contribution in [3.63, 3.8) is 0 Å². The molecule has 0 radical (unpaired) electrons. The zero-order chi connectivity index (χ0) is 21.8. The van der Waals surface area contributed by atoms with Crippen molar-refractivity contribution in [1.82, 2.24) is 14.8 Å². The summed E-state index contributed by atoms with van der Waals surface area (Å²) in [5, 5.41) is 12.9. The predicted molar refractivity (Wildman–Crippen MR) is 130 cm³/mol. The number of aryl methyl sites for hydroxylation is 1. The van der Waals surface area contributed by atoms with Crippen molar-refractivity contribution in [1.29, 1.82) is 0 Å². The monoisotopic (exact) mass is 512 g/mol. The molecular weight excluding hydrogens is 496 g/mol. The Morgan fingerprint density at radius 3 is 2.55 bits per heavy atom. The van der Waals surface area contributed by atoms with Crippen LogP contribution in [-0.4, -0.2) is 26.4 Å². The van der Waals surface area contributed by atoms with Gasteiger partial charge in [-0.2, -0.15) is 0 Å². The largest absolute Gasteiger partial charge is 0.325 e. The Morgan fingerprint density at radius 1 is 1.06 bits per heavy atom. The fourth-order valence-electron chi connectivity index (χ4n) is 3.07. The summed E-state index contributed by atoms with van der Waals surface area (Å²) in [4.78, 5) is 12.6. The van der Waals surface area contributed by atoms with Crippen molar-refractivity contribution in [3.8, 4) is 17.1 Å². The summed E-state index contributed by atoms with van der Waals surface area (Å²) >= 11 is 11.2. The molecule has 0 bridgehead atoms. The average Bonchev–Trinajstić information content (AvgIpc) is 3.19. The van der Waals surface area contributed by atoms with E-state index in [-0.39, 0.29) is 11.7 Å². The minimum Gasteiger partial charge on any atom is -0.325 e. The molecule has 31 heavy (non-hydrogen) atoms. The van der Waals surface area contributed by atoms with Gasteiger partial charge < -0.3 is 5.32 Å². The van der Waals surface area contributed by atoms with Crippen molar-refractivity contribution in [2.75, 3.05) is 11.1 Å². The number of rotatable bonds is 6. The van der Waals surface area contributed by atoms with Crippen LogP contribution in [0.5, 0.6) is 0 Å². The Kier molecular flexibility index (Phi) is 6.75. The Morgan fingerprint density at radius 2 is 1.81 bits per heavy atom. The lowest BCUT2D eigenvalue weighted by atomic mass is 10.2. The van der Waals surface area contributed by atoms with E-state index < -0.39 is 0 Å². The Hall–Kier alpha value is -2.61. The van der Waals surface area contributed by atoms with E-state index in [2.05, 4.69) is 31.4 Å². The van der Waals surface area contributed by atoms with Gasteiger partial charge in [-0.25, -0.2) is 0 Å². The lowest BCUT2D eigenvalue weighted by Gasteiger charge is -2.11. The van der Waals surface area contributed by atoms with Crippen LogP contribution < -0.4 is 5.32 Å². The zero-order valence-electron chi connectivity index (χ0n) is 16.5. The second kappa shape index (κ2) is 9.68. The first-order chi connectivity index (χ1) is 15.0. The Labute approximate surface area is 198 Å². The van der Waals surface area contributed by atoms with Crippen LogP contribution in [0.1, 0.15) is 5.56 Å². The Bertz CT molecular complexity index is 1230. The SMILES string of the molecule is Cc1cc(Br)ccc1NC(=O)CSc1nnc(-c2ccccc2Cl)n1-c1ccccc1. The molecule has 1 N–H and O–H groups in total. The van der Waals surface area contributed by atoms with E-state index in [4.69, 9.17) is 11.6 Å². The maximum Gasteiger partial charge on any atom is 0.234 e. The molecule has 4 rings (SSSR count). The van der Waals surface area contributed by atoms with Gasteiger partial charge in [0.15, 0.2) is 11.0 Å². The number of amides is 1. The van der Waals surface area contributed by atoms with Crippen LogP contribution >= 0.6 is 39.3 Å². The van der Waals surface area contributed by atoms with Gasteiger partial charge in [-0.1, -0.05) is 69.6 Å². The summed E-state index contributed by atoms with van der Waals surface area (Å²) in [5.74, 6) is 0.712. The lowest BCUT2D eigenvalue weighted by molar-refractivity contribution is -0.113. The summed E-state index contributed by atoms with van der Waals surface area (Å²) in [6.07, 6.45) is 0. The number of benzene rings is 3. The number of anilines is 1. The topological polar surface area (TPSA) is 59.8 Å². The smallest absolute Gasteiger partial charge is 0.234 e. The molecule has 0 fully saturated rings. The molecule has 0 atom stereocenters. The maximum absolute atomic E-state index is 12.6. The van der Waals surface area contributed by atoms with E-state index in [1.54, 1.807) is 0 Å². The summed E-state index contributed by atoms with van der Waals surface area (Å²) in [6.45, 7) is 1.95. The van der Waals surface area contributed by atoms with Gasteiger partial charge in [0, 0.05) is 21.4 Å². The molecular formula is C23H18BrClN4OS. The number of hydrogen-bond acceptors (Lipinski definition) is 4. The van der Waals surface area contributed by atoms with Crippen molar-refractivity contribution in [2.24, 2.45) is 0 Å². The second-order valence-corrected chi connectivity index (χ2v) is 9.02. The maximum atomic E-state index is 12.6. The molecule has 0 aliphatic rings. The molecule has 1 amide bonds. The highest BCUT2D eigenvalue weighted by Crippen LogP contribution is 2.32. The minimum absolute atomic E-state index is 0.114. The molecule has 0 aliphatic heterocycles. The van der Waals surface area contributed by atoms with Crippen LogP contribution in [0.15, 0.2) is 82.4 Å². The van der Waals surface area contributed by atoms with E-state index in [1.165, 1.54) is 11.8 Å². The number of thioether (sulfide) groups is 1. The van der Waals surface area contributed by atoms with Crippen LogP contribution in [-0.2, 0) is 4.79 Å². The summed E-state index contributed by atoms with van der Waals surface area (Å²) in [5.41, 5.74) is 3.45. The number of hydrogen-bond donors (Lipinski definition) is 1. The third kappa shape index (κ3) is 5.01. The van der Waals surface area contributed by atoms with Crippen molar-refractivity contribution < 1.29 is 4.79 Å². The lowest BCUT2D eigenvalue weighted by Crippen LogP contribution is -2.15. The van der Waals surface area contributed by atoms with Gasteiger partial charge in [0.25, 0.3) is 0 Å². The van der Waals surface area contributed by atoms with Crippen molar-refractivity contribution in [3.05, 3.63) is 87.9 Å². The first-order valence-corrected chi connectivity index (χ1v) is 11.6. The molecule has 3 aromatic carbocycles. The van der Waals surface area contributed by atoms with Crippen LogP contribution in [0.4, 0.5) is 5.69 Å². The summed E-state index contributed by atoms with van der Waals surface area (Å²) in [7, 11) is 0. The average molecular weight is 514 g/mol. The van der Waals surface area contributed by atoms with E-state index in [9.17, 15) is 4.79 Å². The number of carbonyl (C=O) groups excluding carboxylic acids is 1. The first kappa shape index (κ1) is 21.6. The van der Waals surface area contributed by atoms with Crippen LogP contribution in [0, 0.1) is 6.92 Å². The van der Waals surface area contributed by atoms with Gasteiger partial charge in [-0.3, -0.25) is 9.36 Å². The van der Waals surface area contributed by atoms with Crippen LogP contribution in [0.25, 0.3) is 17.1 Å². The minimum atomic E-state index is -0.114. The van der Waals surface area contributed by atoms with Crippen LogP contribution in [0.2, 0.25) is 5.02 Å². The van der Waals surface area contributed by atoms with Gasteiger partial charge in [0.2, 0.25) is 5.91 Å². The van der Waals surface area contributed by atoms with Gasteiger partial charge in [-0.15, -0.1) is 10.2 Å². The van der Waals surface area contributed by atoms with Crippen molar-refractivity contribution in [2.45, 2.75) is 12.1 Å². The number of nitrogens with one attached hydrogen (secondary N) is 1. The fraction of sp³-hybridized carbons (Fsp3) is 0.0870. The van der Waals surface area contributed by atoms with Gasteiger partial charge in [0.1, 0.15) is 0 Å². The predicted octanol–water partition coefficient (Wildman–Crippen LogP) is 6.39. The first-order valence-electron chi connectivity index (χ1n) is 9.47. The fourth-order valence-corrected chi connectivity index (χ4v) is 4.52. The normalized spacial score (nSPS) is 10.8. The number of halogens is 2. The molecule has 0 unspecified atom stereocenters. The molecule has 5 nitrogen and oxygen atoms in total. The Balaban J connectivity index is 1.60. The number of para-hydroxylation sites is 1.